The minimum absolute atomic E-state index is 0.838. The molecule has 0 aliphatic rings. The lowest BCUT2D eigenvalue weighted by Gasteiger charge is -2.08. The minimum Gasteiger partial charge on any atom is -0.278 e. The summed E-state index contributed by atoms with van der Waals surface area (Å²) in [5.41, 5.74) is 4.10. The van der Waals surface area contributed by atoms with Crippen LogP contribution in [0.4, 0.5) is 5.82 Å². The van der Waals surface area contributed by atoms with Crippen molar-refractivity contribution in [3.63, 3.8) is 0 Å². The van der Waals surface area contributed by atoms with Crippen molar-refractivity contribution in [3.05, 3.63) is 97.2 Å². The van der Waals surface area contributed by atoms with Crippen LogP contribution in [0.5, 0.6) is 0 Å². The van der Waals surface area contributed by atoms with Gasteiger partial charge in [0.25, 0.3) is 0 Å². The van der Waals surface area contributed by atoms with E-state index in [2.05, 4.69) is 57.0 Å². The van der Waals surface area contributed by atoms with Crippen LogP contribution < -0.4 is 0 Å². The summed E-state index contributed by atoms with van der Waals surface area (Å²) in [5, 5.41) is 2.24. The summed E-state index contributed by atoms with van der Waals surface area (Å²) < 4.78 is 2.08. The third kappa shape index (κ3) is 3.29. The van der Waals surface area contributed by atoms with Crippen LogP contribution in [0.15, 0.2) is 102 Å². The summed E-state index contributed by atoms with van der Waals surface area (Å²) in [5.74, 6) is 1.68. The largest absolute Gasteiger partial charge is 0.278 e. The Kier molecular flexibility index (Phi) is 4.66. The average Bonchev–Trinajstić information content (AvgIpc) is 3.17. The van der Waals surface area contributed by atoms with Gasteiger partial charge in [-0.15, -0.1) is 0 Å². The summed E-state index contributed by atoms with van der Waals surface area (Å²) in [6.45, 7) is 1.98. The van der Waals surface area contributed by atoms with E-state index < -0.39 is 0 Å². The highest BCUT2D eigenvalue weighted by Crippen LogP contribution is 2.32. The predicted octanol–water partition coefficient (Wildman–Crippen LogP) is 6.52. The first-order valence-corrected chi connectivity index (χ1v) is 9.92. The molecule has 0 atom stereocenters. The van der Waals surface area contributed by atoms with Crippen molar-refractivity contribution in [1.29, 1.82) is 0 Å². The highest BCUT2D eigenvalue weighted by Gasteiger charge is 2.12. The van der Waals surface area contributed by atoms with Crippen molar-refractivity contribution >= 4 is 33.8 Å². The number of nitrogens with zero attached hydrogens (tertiary/aromatic N) is 4. The van der Waals surface area contributed by atoms with Gasteiger partial charge in [-0.3, -0.25) is 4.57 Å². The van der Waals surface area contributed by atoms with Gasteiger partial charge in [0, 0.05) is 28.7 Å². The van der Waals surface area contributed by atoms with Crippen molar-refractivity contribution in [2.24, 2.45) is 4.99 Å². The molecule has 3 heterocycles. The second kappa shape index (κ2) is 7.76. The number of aliphatic imine (C=N–C) groups is 1. The van der Waals surface area contributed by atoms with E-state index in [-0.39, 0.29) is 0 Å². The molecule has 0 radical (unpaired) electrons. The fourth-order valence-corrected chi connectivity index (χ4v) is 3.61. The van der Waals surface area contributed by atoms with Crippen molar-refractivity contribution in [3.8, 4) is 17.1 Å². The number of rotatable bonds is 4. The quantitative estimate of drug-likeness (QED) is 0.329. The maximum Gasteiger partial charge on any atom is 0.139 e. The van der Waals surface area contributed by atoms with Gasteiger partial charge < -0.3 is 0 Å². The summed E-state index contributed by atoms with van der Waals surface area (Å²) in [7, 11) is 0. The first-order valence-electron chi connectivity index (χ1n) is 9.92. The number of benzene rings is 2. The number of hydrogen-bond acceptors (Lipinski definition) is 3. The third-order valence-electron chi connectivity index (χ3n) is 5.04. The molecule has 5 aromatic rings. The standard InChI is InChI=1S/C26H20N4/c1-2-3-15-28-26-18-21-17-20(23-13-11-19-8-4-5-9-22(19)29-23)12-14-24(21)30(26)25-10-6-7-16-27-25/h2-18H,1H3/b3-2-,28-15-. The molecule has 3 aromatic heterocycles. The van der Waals surface area contributed by atoms with Gasteiger partial charge in [-0.05, 0) is 55.5 Å². The average molecular weight is 388 g/mol. The van der Waals surface area contributed by atoms with Gasteiger partial charge in [0.1, 0.15) is 11.6 Å². The van der Waals surface area contributed by atoms with Crippen LogP contribution in [-0.4, -0.2) is 20.7 Å². The molecule has 30 heavy (non-hydrogen) atoms. The second-order valence-electron chi connectivity index (χ2n) is 6.99. The molecule has 0 fully saturated rings. The Morgan fingerprint density at radius 1 is 0.867 bits per heavy atom. The van der Waals surface area contributed by atoms with E-state index in [9.17, 15) is 0 Å². The van der Waals surface area contributed by atoms with E-state index in [1.807, 2.05) is 55.5 Å². The topological polar surface area (TPSA) is 43.1 Å². The van der Waals surface area contributed by atoms with Crippen LogP contribution >= 0.6 is 0 Å². The maximum absolute atomic E-state index is 4.84. The van der Waals surface area contributed by atoms with Crippen LogP contribution in [0.2, 0.25) is 0 Å². The van der Waals surface area contributed by atoms with Crippen molar-refractivity contribution in [2.75, 3.05) is 0 Å². The number of aromatic nitrogens is 3. The molecule has 0 bridgehead atoms. The first kappa shape index (κ1) is 18.0. The normalized spacial score (nSPS) is 11.9. The lowest BCUT2D eigenvalue weighted by molar-refractivity contribution is 1.04. The van der Waals surface area contributed by atoms with Crippen molar-refractivity contribution < 1.29 is 0 Å². The summed E-state index contributed by atoms with van der Waals surface area (Å²) in [6.07, 6.45) is 7.49. The van der Waals surface area contributed by atoms with E-state index >= 15 is 0 Å². The van der Waals surface area contributed by atoms with Gasteiger partial charge in [0.05, 0.1) is 16.7 Å². The van der Waals surface area contributed by atoms with Crippen LogP contribution in [0.3, 0.4) is 0 Å². The van der Waals surface area contributed by atoms with Crippen LogP contribution in [0.1, 0.15) is 6.92 Å². The number of hydrogen-bond donors (Lipinski definition) is 0. The first-order chi connectivity index (χ1) is 14.8. The number of pyridine rings is 2. The molecule has 0 saturated heterocycles. The Morgan fingerprint density at radius 2 is 1.77 bits per heavy atom. The lowest BCUT2D eigenvalue weighted by Crippen LogP contribution is -1.96. The molecule has 0 saturated carbocycles. The number of allylic oxidation sites excluding steroid dienone is 2. The molecule has 0 aliphatic carbocycles. The summed E-state index contributed by atoms with van der Waals surface area (Å²) in [4.78, 5) is 14.0. The third-order valence-corrected chi connectivity index (χ3v) is 5.04. The second-order valence-corrected chi connectivity index (χ2v) is 6.99. The molecular formula is C26H20N4. The summed E-state index contributed by atoms with van der Waals surface area (Å²) >= 11 is 0. The molecule has 144 valence electrons. The molecular weight excluding hydrogens is 368 g/mol. The molecule has 4 nitrogen and oxygen atoms in total. The summed E-state index contributed by atoms with van der Waals surface area (Å²) in [6, 6.07) is 26.8. The zero-order valence-corrected chi connectivity index (χ0v) is 16.6. The van der Waals surface area contributed by atoms with Crippen molar-refractivity contribution in [2.45, 2.75) is 6.92 Å². The monoisotopic (exact) mass is 388 g/mol. The van der Waals surface area contributed by atoms with E-state index in [0.29, 0.717) is 0 Å². The molecule has 0 spiro atoms. The smallest absolute Gasteiger partial charge is 0.139 e. The molecule has 0 aliphatic heterocycles. The predicted molar refractivity (Wildman–Crippen MR) is 125 cm³/mol. The maximum atomic E-state index is 4.84. The van der Waals surface area contributed by atoms with Gasteiger partial charge in [-0.2, -0.15) is 0 Å². The molecule has 0 unspecified atom stereocenters. The molecule has 0 N–H and O–H groups in total. The minimum atomic E-state index is 0.838. The van der Waals surface area contributed by atoms with Crippen molar-refractivity contribution in [1.82, 2.24) is 14.5 Å². The highest BCUT2D eigenvalue weighted by atomic mass is 15.1. The Balaban J connectivity index is 1.67. The van der Waals surface area contributed by atoms with E-state index in [4.69, 9.17) is 4.98 Å². The lowest BCUT2D eigenvalue weighted by atomic mass is 10.1. The van der Waals surface area contributed by atoms with E-state index in [1.165, 1.54) is 0 Å². The molecule has 0 amide bonds. The zero-order valence-electron chi connectivity index (χ0n) is 16.6. The van der Waals surface area contributed by atoms with Gasteiger partial charge in [-0.1, -0.05) is 42.5 Å². The highest BCUT2D eigenvalue weighted by molar-refractivity contribution is 5.91. The Hall–Kier alpha value is -4.05. The van der Waals surface area contributed by atoms with Gasteiger partial charge in [0.15, 0.2) is 0 Å². The van der Waals surface area contributed by atoms with Gasteiger partial charge >= 0.3 is 0 Å². The Morgan fingerprint density at radius 3 is 2.63 bits per heavy atom. The number of para-hydroxylation sites is 1. The van der Waals surface area contributed by atoms with Crippen LogP contribution in [0.25, 0.3) is 38.9 Å². The molecule has 2 aromatic carbocycles. The van der Waals surface area contributed by atoms with Crippen LogP contribution in [-0.2, 0) is 0 Å². The fourth-order valence-electron chi connectivity index (χ4n) is 3.61. The van der Waals surface area contributed by atoms with E-state index in [0.717, 1.165) is 44.7 Å². The van der Waals surface area contributed by atoms with Crippen LogP contribution in [0, 0.1) is 0 Å². The number of fused-ring (bicyclic) bond motifs is 2. The fraction of sp³-hybridized carbons (Fsp3) is 0.0385. The Bertz CT molecular complexity index is 1400. The Labute approximate surface area is 174 Å². The van der Waals surface area contributed by atoms with Gasteiger partial charge in [-0.25, -0.2) is 15.0 Å². The zero-order chi connectivity index (χ0) is 20.3. The molecule has 4 heteroatoms. The van der Waals surface area contributed by atoms with E-state index in [1.54, 1.807) is 12.4 Å². The SMILES string of the molecule is C/C=C\C=N/c1cc2cc(-c3ccc4ccccc4n3)ccc2n1-c1ccccn1. The molecule has 5 rings (SSSR count). The van der Waals surface area contributed by atoms with Gasteiger partial charge in [0.2, 0.25) is 0 Å².